The number of hydrogen-bond acceptors (Lipinski definition) is 5. The van der Waals surface area contributed by atoms with E-state index in [2.05, 4.69) is 4.40 Å². The van der Waals surface area contributed by atoms with Gasteiger partial charge >= 0.3 is 0 Å². The van der Waals surface area contributed by atoms with Crippen LogP contribution in [0.2, 0.25) is 0 Å². The maximum Gasteiger partial charge on any atom is 0.284 e. The molecule has 1 fully saturated rings. The number of rotatable bonds is 4. The Balaban J connectivity index is 1.98. The molecule has 1 aliphatic heterocycles. The van der Waals surface area contributed by atoms with E-state index in [1.54, 1.807) is 24.3 Å². The lowest BCUT2D eigenvalue weighted by Gasteiger charge is -2.18. The van der Waals surface area contributed by atoms with E-state index < -0.39 is 20.0 Å². The van der Waals surface area contributed by atoms with E-state index in [9.17, 15) is 16.8 Å². The van der Waals surface area contributed by atoms with Crippen molar-refractivity contribution in [3.05, 3.63) is 59.7 Å². The molecule has 1 saturated heterocycles. The molecule has 0 saturated carbocycles. The van der Waals surface area contributed by atoms with Crippen molar-refractivity contribution in [3.63, 3.8) is 0 Å². The maximum absolute atomic E-state index is 12.9. The molecule has 0 N–H and O–H groups in total. The van der Waals surface area contributed by atoms with Gasteiger partial charge in [-0.25, -0.2) is 12.7 Å². The van der Waals surface area contributed by atoms with Gasteiger partial charge in [-0.15, -0.1) is 4.40 Å². The van der Waals surface area contributed by atoms with E-state index in [1.807, 2.05) is 13.8 Å². The van der Waals surface area contributed by atoms with Gasteiger partial charge in [0.2, 0.25) is 0 Å². The molecule has 0 atom stereocenters. The summed E-state index contributed by atoms with van der Waals surface area (Å²) in [6, 6.07) is 12.7. The van der Waals surface area contributed by atoms with E-state index in [1.165, 1.54) is 24.3 Å². The number of hydrogen-bond donors (Lipinski definition) is 0. The van der Waals surface area contributed by atoms with Gasteiger partial charge in [0.15, 0.2) is 5.17 Å². The monoisotopic (exact) mass is 410 g/mol. The average Bonchev–Trinajstić information content (AvgIpc) is 3.04. The lowest BCUT2D eigenvalue weighted by atomic mass is 10.2. The fourth-order valence-electron chi connectivity index (χ4n) is 2.39. The molecular formula is C17H18N2O4S3. The minimum atomic E-state index is -3.98. The van der Waals surface area contributed by atoms with Crippen LogP contribution in [0.3, 0.4) is 0 Å². The fraction of sp³-hybridized carbons (Fsp3) is 0.235. The van der Waals surface area contributed by atoms with E-state index in [0.717, 1.165) is 27.2 Å². The second kappa shape index (κ2) is 7.05. The van der Waals surface area contributed by atoms with Crippen molar-refractivity contribution in [2.24, 2.45) is 4.40 Å². The standard InChI is InChI=1S/C17H18N2O4S3/c1-13-3-7-15(8-4-13)25(20,21)18-17-19(11-12-24-17)26(22,23)16-9-5-14(2)6-10-16/h3-10H,11-12H2,1-2H3/b18-17-. The summed E-state index contributed by atoms with van der Waals surface area (Å²) >= 11 is 1.12. The first-order valence-corrected chi connectivity index (χ1v) is 11.7. The van der Waals surface area contributed by atoms with Crippen LogP contribution in [0.4, 0.5) is 0 Å². The zero-order chi connectivity index (χ0) is 18.9. The molecule has 6 nitrogen and oxygen atoms in total. The number of thioether (sulfide) groups is 1. The highest BCUT2D eigenvalue weighted by atomic mass is 32.2. The molecule has 1 aliphatic rings. The lowest BCUT2D eigenvalue weighted by Crippen LogP contribution is -2.32. The summed E-state index contributed by atoms with van der Waals surface area (Å²) in [5, 5.41) is -0.0221. The van der Waals surface area contributed by atoms with Crippen LogP contribution in [0.5, 0.6) is 0 Å². The average molecular weight is 411 g/mol. The van der Waals surface area contributed by atoms with E-state index in [4.69, 9.17) is 0 Å². The molecule has 0 unspecified atom stereocenters. The third kappa shape index (κ3) is 3.79. The van der Waals surface area contributed by atoms with Crippen LogP contribution in [0.15, 0.2) is 62.7 Å². The first-order chi connectivity index (χ1) is 12.2. The smallest absolute Gasteiger partial charge is 0.243 e. The minimum absolute atomic E-state index is 0.0221. The van der Waals surface area contributed by atoms with Crippen molar-refractivity contribution in [2.75, 3.05) is 12.3 Å². The molecule has 138 valence electrons. The van der Waals surface area contributed by atoms with Crippen LogP contribution in [0.25, 0.3) is 0 Å². The van der Waals surface area contributed by atoms with Gasteiger partial charge in [-0.2, -0.15) is 8.42 Å². The second-order valence-corrected chi connectivity index (χ2v) is 10.4. The molecule has 0 amide bonds. The molecule has 26 heavy (non-hydrogen) atoms. The Hall–Kier alpha value is -1.84. The summed E-state index contributed by atoms with van der Waals surface area (Å²) in [6.45, 7) is 3.90. The van der Waals surface area contributed by atoms with E-state index >= 15 is 0 Å². The number of benzene rings is 2. The second-order valence-electron chi connectivity index (χ2n) is 5.90. The molecule has 0 spiro atoms. The van der Waals surface area contributed by atoms with Gasteiger partial charge < -0.3 is 0 Å². The number of aryl methyl sites for hydroxylation is 2. The van der Waals surface area contributed by atoms with Gasteiger partial charge in [-0.05, 0) is 38.1 Å². The highest BCUT2D eigenvalue weighted by molar-refractivity contribution is 8.16. The lowest BCUT2D eigenvalue weighted by molar-refractivity contribution is 0.540. The quantitative estimate of drug-likeness (QED) is 0.774. The Kier molecular flexibility index (Phi) is 5.14. The molecule has 0 aliphatic carbocycles. The summed E-state index contributed by atoms with van der Waals surface area (Å²) in [4.78, 5) is 0.154. The number of nitrogens with zero attached hydrogens (tertiary/aromatic N) is 2. The van der Waals surface area contributed by atoms with Crippen molar-refractivity contribution < 1.29 is 16.8 Å². The van der Waals surface area contributed by atoms with Crippen molar-refractivity contribution in [1.29, 1.82) is 0 Å². The zero-order valence-electron chi connectivity index (χ0n) is 14.3. The van der Waals surface area contributed by atoms with Gasteiger partial charge in [0, 0.05) is 12.3 Å². The van der Waals surface area contributed by atoms with Crippen molar-refractivity contribution in [1.82, 2.24) is 4.31 Å². The van der Waals surface area contributed by atoms with Crippen LogP contribution in [0.1, 0.15) is 11.1 Å². The predicted molar refractivity (Wildman–Crippen MR) is 103 cm³/mol. The van der Waals surface area contributed by atoms with Crippen LogP contribution in [0, 0.1) is 13.8 Å². The Morgan fingerprint density at radius 3 is 1.88 bits per heavy atom. The molecule has 3 rings (SSSR count). The van der Waals surface area contributed by atoms with E-state index in [0.29, 0.717) is 5.75 Å². The van der Waals surface area contributed by atoms with Gasteiger partial charge in [-0.1, -0.05) is 47.2 Å². The van der Waals surface area contributed by atoms with E-state index in [-0.39, 0.29) is 21.5 Å². The fourth-order valence-corrected chi connectivity index (χ4v) is 6.40. The molecule has 1 heterocycles. The van der Waals surface area contributed by atoms with Crippen LogP contribution in [-0.4, -0.2) is 38.6 Å². The third-order valence-electron chi connectivity index (χ3n) is 3.86. The Labute approximate surface area is 158 Å². The van der Waals surface area contributed by atoms with Crippen LogP contribution >= 0.6 is 11.8 Å². The summed E-state index contributed by atoms with van der Waals surface area (Å²) < 4.78 is 55.6. The molecule has 0 aromatic heterocycles. The minimum Gasteiger partial charge on any atom is -0.243 e. The van der Waals surface area contributed by atoms with Crippen molar-refractivity contribution in [3.8, 4) is 0 Å². The summed E-state index contributed by atoms with van der Waals surface area (Å²) in [5.74, 6) is 0.452. The summed E-state index contributed by atoms with van der Waals surface area (Å²) in [7, 11) is -7.83. The molecule has 0 radical (unpaired) electrons. The van der Waals surface area contributed by atoms with Gasteiger partial charge in [0.05, 0.1) is 9.79 Å². The van der Waals surface area contributed by atoms with Gasteiger partial charge in [0.25, 0.3) is 20.0 Å². The van der Waals surface area contributed by atoms with Crippen LogP contribution < -0.4 is 0 Å². The SMILES string of the molecule is Cc1ccc(S(=O)(=O)/N=C2\SCCN2S(=O)(=O)c2ccc(C)cc2)cc1. The summed E-state index contributed by atoms with van der Waals surface area (Å²) in [6.07, 6.45) is 0. The molecule has 9 heteroatoms. The molecular weight excluding hydrogens is 392 g/mol. The molecule has 2 aromatic rings. The topological polar surface area (TPSA) is 83.9 Å². The summed E-state index contributed by atoms with van der Waals surface area (Å²) in [5.41, 5.74) is 1.87. The van der Waals surface area contributed by atoms with Crippen molar-refractivity contribution in [2.45, 2.75) is 23.6 Å². The Morgan fingerprint density at radius 1 is 0.846 bits per heavy atom. The zero-order valence-corrected chi connectivity index (χ0v) is 16.7. The maximum atomic E-state index is 12.9. The highest BCUT2D eigenvalue weighted by Crippen LogP contribution is 2.28. The first kappa shape index (κ1) is 18.9. The molecule has 0 bridgehead atoms. The van der Waals surface area contributed by atoms with Crippen LogP contribution in [-0.2, 0) is 20.0 Å². The largest absolute Gasteiger partial charge is 0.284 e. The Morgan fingerprint density at radius 2 is 1.35 bits per heavy atom. The highest BCUT2D eigenvalue weighted by Gasteiger charge is 2.33. The predicted octanol–water partition coefficient (Wildman–Crippen LogP) is 2.79. The first-order valence-electron chi connectivity index (χ1n) is 7.84. The molecule has 2 aromatic carbocycles. The number of sulfonamides is 2. The Bertz CT molecular complexity index is 1040. The van der Waals surface area contributed by atoms with Gasteiger partial charge in [-0.3, -0.25) is 0 Å². The third-order valence-corrected chi connectivity index (χ3v) is 8.14. The number of amidine groups is 1. The normalized spacial score (nSPS) is 17.0. The van der Waals surface area contributed by atoms with Gasteiger partial charge in [0.1, 0.15) is 0 Å². The van der Waals surface area contributed by atoms with Crippen molar-refractivity contribution >= 4 is 37.0 Å².